The van der Waals surface area contributed by atoms with E-state index in [0.29, 0.717) is 0 Å². The molecule has 0 saturated carbocycles. The first-order valence-corrected chi connectivity index (χ1v) is 5.45. The quantitative estimate of drug-likeness (QED) is 0.745. The lowest BCUT2D eigenvalue weighted by Gasteiger charge is -2.00. The minimum absolute atomic E-state index is 0.808. The first kappa shape index (κ1) is 15.4. The molecule has 2 nitrogen and oxygen atoms in total. The summed E-state index contributed by atoms with van der Waals surface area (Å²) >= 11 is 0. The van der Waals surface area contributed by atoms with Crippen LogP contribution in [0.25, 0.3) is 0 Å². The number of pyridine rings is 1. The van der Waals surface area contributed by atoms with Gasteiger partial charge in [0.05, 0.1) is 11.4 Å². The fraction of sp³-hybridized carbons (Fsp3) is 0.583. The number of aromatic nitrogens is 1. The number of anilines is 1. The van der Waals surface area contributed by atoms with Gasteiger partial charge in [0.1, 0.15) is 0 Å². The van der Waals surface area contributed by atoms with E-state index in [-0.39, 0.29) is 0 Å². The summed E-state index contributed by atoms with van der Waals surface area (Å²) in [6.07, 6.45) is 2.75. The lowest BCUT2D eigenvalue weighted by molar-refractivity contribution is 1.03. The van der Waals surface area contributed by atoms with E-state index >= 15 is 0 Å². The van der Waals surface area contributed by atoms with Crippen LogP contribution in [0.5, 0.6) is 0 Å². The average molecular weight is 196 g/mol. The molecular weight excluding hydrogens is 172 g/mol. The molecule has 0 fully saturated rings. The molecule has 0 aromatic carbocycles. The molecule has 0 aliphatic rings. The van der Waals surface area contributed by atoms with E-state index in [1.807, 2.05) is 53.8 Å². The molecule has 0 amide bonds. The Bertz CT molecular complexity index is 232. The molecule has 0 spiro atoms. The Morgan fingerprint density at radius 3 is 2.07 bits per heavy atom. The van der Waals surface area contributed by atoms with Crippen molar-refractivity contribution in [2.75, 3.05) is 5.73 Å². The third-order valence-electron chi connectivity index (χ3n) is 1.48. The number of rotatable bonds is 1. The van der Waals surface area contributed by atoms with E-state index < -0.39 is 0 Å². The van der Waals surface area contributed by atoms with Gasteiger partial charge in [-0.2, -0.15) is 0 Å². The highest BCUT2D eigenvalue weighted by Crippen LogP contribution is 2.09. The smallest absolute Gasteiger partial charge is 0.0630 e. The van der Waals surface area contributed by atoms with Crippen molar-refractivity contribution in [2.24, 2.45) is 0 Å². The fourth-order valence-corrected chi connectivity index (χ4v) is 0.916. The van der Waals surface area contributed by atoms with Gasteiger partial charge >= 0.3 is 0 Å². The van der Waals surface area contributed by atoms with Gasteiger partial charge in [-0.25, -0.2) is 0 Å². The maximum absolute atomic E-state index is 5.67. The van der Waals surface area contributed by atoms with Crippen molar-refractivity contribution in [3.05, 3.63) is 23.5 Å². The number of hydrogen-bond acceptors (Lipinski definition) is 2. The standard InChI is InChI=1S/C8H12N2.2C2H6/c1-3-8-7(9)4-6(2)5-10-8;2*1-2/h4-5H,3,9H2,1-2H3;2*1-2H3. The van der Waals surface area contributed by atoms with E-state index in [1.165, 1.54) is 0 Å². The van der Waals surface area contributed by atoms with E-state index in [1.54, 1.807) is 0 Å². The van der Waals surface area contributed by atoms with Gasteiger partial charge in [0.25, 0.3) is 0 Å². The van der Waals surface area contributed by atoms with Crippen LogP contribution in [0, 0.1) is 6.92 Å². The molecule has 14 heavy (non-hydrogen) atoms. The van der Waals surface area contributed by atoms with Gasteiger partial charge in [-0.1, -0.05) is 34.6 Å². The van der Waals surface area contributed by atoms with Crippen molar-refractivity contribution >= 4 is 5.69 Å². The van der Waals surface area contributed by atoms with Crippen molar-refractivity contribution in [3.8, 4) is 0 Å². The highest BCUT2D eigenvalue weighted by molar-refractivity contribution is 5.44. The van der Waals surface area contributed by atoms with Crippen LogP contribution >= 0.6 is 0 Å². The molecule has 1 aromatic rings. The number of nitrogens with two attached hydrogens (primary N) is 1. The molecule has 0 radical (unpaired) electrons. The van der Waals surface area contributed by atoms with E-state index in [9.17, 15) is 0 Å². The summed E-state index contributed by atoms with van der Waals surface area (Å²) in [5, 5.41) is 0. The summed E-state index contributed by atoms with van der Waals surface area (Å²) in [6, 6.07) is 1.95. The van der Waals surface area contributed by atoms with E-state index in [0.717, 1.165) is 23.4 Å². The van der Waals surface area contributed by atoms with Gasteiger partial charge in [0.15, 0.2) is 0 Å². The highest BCUT2D eigenvalue weighted by Gasteiger charge is 1.95. The van der Waals surface area contributed by atoms with Crippen LogP contribution in [0.4, 0.5) is 5.69 Å². The molecule has 0 unspecified atom stereocenters. The maximum atomic E-state index is 5.67. The van der Waals surface area contributed by atoms with Gasteiger partial charge in [0.2, 0.25) is 0 Å². The lowest BCUT2D eigenvalue weighted by atomic mass is 10.2. The summed E-state index contributed by atoms with van der Waals surface area (Å²) in [6.45, 7) is 12.0. The lowest BCUT2D eigenvalue weighted by Crippen LogP contribution is -1.96. The van der Waals surface area contributed by atoms with E-state index in [2.05, 4.69) is 4.98 Å². The van der Waals surface area contributed by atoms with Gasteiger partial charge < -0.3 is 5.73 Å². The molecule has 82 valence electrons. The Kier molecular flexibility index (Phi) is 11.1. The summed E-state index contributed by atoms with van der Waals surface area (Å²) in [5.74, 6) is 0. The van der Waals surface area contributed by atoms with Crippen molar-refractivity contribution in [1.29, 1.82) is 0 Å². The third kappa shape index (κ3) is 5.57. The number of aryl methyl sites for hydroxylation is 2. The molecule has 0 aliphatic carbocycles. The van der Waals surface area contributed by atoms with Gasteiger partial charge in [-0.3, -0.25) is 4.98 Å². The van der Waals surface area contributed by atoms with Crippen molar-refractivity contribution < 1.29 is 0 Å². The average Bonchev–Trinajstić information content (AvgIpc) is 2.24. The monoisotopic (exact) mass is 196 g/mol. The van der Waals surface area contributed by atoms with Crippen molar-refractivity contribution in [3.63, 3.8) is 0 Å². The minimum Gasteiger partial charge on any atom is -0.397 e. The molecule has 1 rings (SSSR count). The predicted octanol–water partition coefficient (Wildman–Crippen LogP) is 3.59. The first-order valence-electron chi connectivity index (χ1n) is 5.45. The summed E-state index contributed by atoms with van der Waals surface area (Å²) < 4.78 is 0. The van der Waals surface area contributed by atoms with Crippen molar-refractivity contribution in [1.82, 2.24) is 4.98 Å². The van der Waals surface area contributed by atoms with Crippen LogP contribution in [0.2, 0.25) is 0 Å². The molecule has 0 saturated heterocycles. The topological polar surface area (TPSA) is 38.9 Å². The number of nitrogens with zero attached hydrogens (tertiary/aromatic N) is 1. The summed E-state index contributed by atoms with van der Waals surface area (Å²) in [7, 11) is 0. The van der Waals surface area contributed by atoms with Crippen LogP contribution in [0.1, 0.15) is 45.9 Å². The predicted molar refractivity (Wildman–Crippen MR) is 65.5 cm³/mol. The Morgan fingerprint density at radius 1 is 1.21 bits per heavy atom. The van der Waals surface area contributed by atoms with Gasteiger partial charge in [-0.15, -0.1) is 0 Å². The Morgan fingerprint density at radius 2 is 1.71 bits per heavy atom. The van der Waals surface area contributed by atoms with Crippen LogP contribution in [-0.4, -0.2) is 4.98 Å². The second kappa shape index (κ2) is 10.0. The van der Waals surface area contributed by atoms with Crippen LogP contribution in [0.15, 0.2) is 12.3 Å². The number of hydrogen-bond donors (Lipinski definition) is 1. The maximum Gasteiger partial charge on any atom is 0.0630 e. The summed E-state index contributed by atoms with van der Waals surface area (Å²) in [4.78, 5) is 4.17. The van der Waals surface area contributed by atoms with Crippen LogP contribution < -0.4 is 5.73 Å². The van der Waals surface area contributed by atoms with Gasteiger partial charge in [-0.05, 0) is 25.0 Å². The highest BCUT2D eigenvalue weighted by atomic mass is 14.7. The molecule has 2 heteroatoms. The van der Waals surface area contributed by atoms with Crippen LogP contribution in [0.3, 0.4) is 0 Å². The Balaban J connectivity index is 0. The SMILES string of the molecule is CC.CC.CCc1ncc(C)cc1N. The third-order valence-corrected chi connectivity index (χ3v) is 1.48. The molecule has 0 aliphatic heterocycles. The first-order chi connectivity index (χ1) is 6.74. The zero-order valence-electron chi connectivity index (χ0n) is 10.4. The molecule has 1 heterocycles. The fourth-order valence-electron chi connectivity index (χ4n) is 0.916. The molecule has 2 N–H and O–H groups in total. The minimum atomic E-state index is 0.808. The molecular formula is C12H24N2. The van der Waals surface area contributed by atoms with Crippen LogP contribution in [-0.2, 0) is 6.42 Å². The van der Waals surface area contributed by atoms with Crippen molar-refractivity contribution in [2.45, 2.75) is 48.0 Å². The zero-order chi connectivity index (χ0) is 11.6. The second-order valence-electron chi connectivity index (χ2n) is 2.40. The zero-order valence-corrected chi connectivity index (χ0v) is 10.4. The largest absolute Gasteiger partial charge is 0.397 e. The number of nitrogen functional groups attached to an aromatic ring is 1. The normalized spacial score (nSPS) is 7.86. The molecule has 0 bridgehead atoms. The molecule has 0 atom stereocenters. The Hall–Kier alpha value is -1.05. The summed E-state index contributed by atoms with van der Waals surface area (Å²) in [5.41, 5.74) is 8.59. The second-order valence-corrected chi connectivity index (χ2v) is 2.40. The Labute approximate surface area is 88.6 Å². The van der Waals surface area contributed by atoms with E-state index in [4.69, 9.17) is 5.73 Å². The van der Waals surface area contributed by atoms with Gasteiger partial charge in [0, 0.05) is 6.20 Å². The molecule has 1 aromatic heterocycles.